The van der Waals surface area contributed by atoms with E-state index in [1.165, 1.54) is 38.8 Å². The lowest BCUT2D eigenvalue weighted by Crippen LogP contribution is -2.44. The number of piperidine rings is 1. The van der Waals surface area contributed by atoms with Crippen molar-refractivity contribution in [3.63, 3.8) is 0 Å². The Kier molecular flexibility index (Phi) is 7.82. The van der Waals surface area contributed by atoms with Crippen LogP contribution in [0.15, 0.2) is 0 Å². The van der Waals surface area contributed by atoms with Gasteiger partial charge in [0.2, 0.25) is 0 Å². The van der Waals surface area contributed by atoms with Gasteiger partial charge in [-0.25, -0.2) is 0 Å². The number of rotatable bonds is 8. The van der Waals surface area contributed by atoms with E-state index in [0.29, 0.717) is 12.6 Å². The van der Waals surface area contributed by atoms with E-state index < -0.39 is 0 Å². The van der Waals surface area contributed by atoms with Crippen LogP contribution in [0.3, 0.4) is 0 Å². The van der Waals surface area contributed by atoms with Gasteiger partial charge in [0.15, 0.2) is 0 Å². The van der Waals surface area contributed by atoms with Gasteiger partial charge in [0.1, 0.15) is 0 Å². The molecule has 1 rings (SSSR count). The van der Waals surface area contributed by atoms with Crippen LogP contribution >= 0.6 is 0 Å². The van der Waals surface area contributed by atoms with Crippen molar-refractivity contribution in [2.24, 2.45) is 5.92 Å². The van der Waals surface area contributed by atoms with E-state index >= 15 is 0 Å². The minimum atomic E-state index is 0.296. The average molecular weight is 242 g/mol. The molecule has 1 saturated heterocycles. The molecule has 0 bridgehead atoms. The first kappa shape index (κ1) is 14.9. The molecule has 3 heteroatoms. The zero-order valence-electron chi connectivity index (χ0n) is 11.6. The third-order valence-corrected chi connectivity index (χ3v) is 3.85. The minimum Gasteiger partial charge on any atom is -0.396 e. The second-order valence-corrected chi connectivity index (χ2v) is 5.30. The maximum Gasteiger partial charge on any atom is 0.0446 e. The Balaban J connectivity index is 2.22. The normalized spacial score (nSPS) is 20.6. The van der Waals surface area contributed by atoms with Gasteiger partial charge in [-0.15, -0.1) is 0 Å². The molecule has 0 radical (unpaired) electrons. The van der Waals surface area contributed by atoms with Gasteiger partial charge in [0.05, 0.1) is 0 Å². The van der Waals surface area contributed by atoms with Gasteiger partial charge < -0.3 is 15.3 Å². The van der Waals surface area contributed by atoms with Gasteiger partial charge in [0, 0.05) is 19.2 Å². The molecule has 0 amide bonds. The predicted octanol–water partition coefficient (Wildman–Crippen LogP) is 1.86. The summed E-state index contributed by atoms with van der Waals surface area (Å²) >= 11 is 0. The highest BCUT2D eigenvalue weighted by Gasteiger charge is 2.20. The van der Waals surface area contributed by atoms with Crippen molar-refractivity contribution in [1.29, 1.82) is 0 Å². The number of nitrogens with zero attached hydrogens (tertiary/aromatic N) is 1. The number of aliphatic hydroxyl groups excluding tert-OH is 1. The Labute approximate surface area is 107 Å². The molecule has 17 heavy (non-hydrogen) atoms. The van der Waals surface area contributed by atoms with E-state index in [2.05, 4.69) is 24.1 Å². The Morgan fingerprint density at radius 3 is 2.53 bits per heavy atom. The van der Waals surface area contributed by atoms with E-state index in [1.807, 2.05) is 0 Å². The van der Waals surface area contributed by atoms with E-state index in [1.54, 1.807) is 0 Å². The smallest absolute Gasteiger partial charge is 0.0446 e. The molecule has 0 saturated carbocycles. The molecule has 1 heterocycles. The molecule has 1 aliphatic heterocycles. The lowest BCUT2D eigenvalue weighted by Gasteiger charge is -2.34. The zero-order chi connectivity index (χ0) is 12.5. The molecular weight excluding hydrogens is 212 g/mol. The predicted molar refractivity (Wildman–Crippen MR) is 73.2 cm³/mol. The first-order valence-corrected chi connectivity index (χ1v) is 7.36. The summed E-state index contributed by atoms with van der Waals surface area (Å²) in [6.45, 7) is 9.32. The monoisotopic (exact) mass is 242 g/mol. The van der Waals surface area contributed by atoms with Crippen LogP contribution in [-0.2, 0) is 0 Å². The summed E-state index contributed by atoms with van der Waals surface area (Å²) in [6.07, 6.45) is 6.34. The van der Waals surface area contributed by atoms with Crippen molar-refractivity contribution in [2.45, 2.75) is 52.0 Å². The van der Waals surface area contributed by atoms with Crippen LogP contribution in [0.5, 0.6) is 0 Å². The second-order valence-electron chi connectivity index (χ2n) is 5.30. The second kappa shape index (κ2) is 8.90. The number of hydrogen-bond acceptors (Lipinski definition) is 3. The molecule has 0 aromatic rings. The van der Waals surface area contributed by atoms with Crippen LogP contribution in [0.1, 0.15) is 46.0 Å². The Morgan fingerprint density at radius 2 is 2.00 bits per heavy atom. The number of hydrogen-bond donors (Lipinski definition) is 2. The largest absolute Gasteiger partial charge is 0.396 e. The SMILES string of the molecule is CCCC1CCN(CC(CCO)NCC)CC1. The van der Waals surface area contributed by atoms with Crippen LogP contribution in [0.2, 0.25) is 0 Å². The topological polar surface area (TPSA) is 35.5 Å². The fourth-order valence-electron chi connectivity index (χ4n) is 2.88. The third kappa shape index (κ3) is 5.84. The summed E-state index contributed by atoms with van der Waals surface area (Å²) in [5.41, 5.74) is 0. The van der Waals surface area contributed by atoms with Gasteiger partial charge in [0.25, 0.3) is 0 Å². The number of aliphatic hydroxyl groups is 1. The summed E-state index contributed by atoms with van der Waals surface area (Å²) in [4.78, 5) is 2.56. The lowest BCUT2D eigenvalue weighted by atomic mass is 9.92. The first-order valence-electron chi connectivity index (χ1n) is 7.36. The van der Waals surface area contributed by atoms with Crippen molar-refractivity contribution in [3.05, 3.63) is 0 Å². The van der Waals surface area contributed by atoms with Gasteiger partial charge >= 0.3 is 0 Å². The molecule has 1 unspecified atom stereocenters. The number of likely N-dealkylation sites (N-methyl/N-ethyl adjacent to an activating group) is 1. The Hall–Kier alpha value is -0.120. The van der Waals surface area contributed by atoms with Crippen LogP contribution in [-0.4, -0.2) is 48.8 Å². The fourth-order valence-corrected chi connectivity index (χ4v) is 2.88. The molecule has 0 aromatic heterocycles. The van der Waals surface area contributed by atoms with Crippen molar-refractivity contribution in [1.82, 2.24) is 10.2 Å². The van der Waals surface area contributed by atoms with Crippen molar-refractivity contribution >= 4 is 0 Å². The quantitative estimate of drug-likeness (QED) is 0.682. The summed E-state index contributed by atoms with van der Waals surface area (Å²) in [7, 11) is 0. The van der Waals surface area contributed by atoms with E-state index in [0.717, 1.165) is 25.4 Å². The number of nitrogens with one attached hydrogen (secondary N) is 1. The third-order valence-electron chi connectivity index (χ3n) is 3.85. The number of likely N-dealkylation sites (tertiary alicyclic amines) is 1. The van der Waals surface area contributed by atoms with E-state index in [4.69, 9.17) is 5.11 Å². The molecule has 0 spiro atoms. The van der Waals surface area contributed by atoms with Crippen LogP contribution in [0.25, 0.3) is 0 Å². The molecule has 102 valence electrons. The van der Waals surface area contributed by atoms with E-state index in [-0.39, 0.29) is 0 Å². The van der Waals surface area contributed by atoms with Crippen molar-refractivity contribution in [2.75, 3.05) is 32.8 Å². The van der Waals surface area contributed by atoms with Crippen molar-refractivity contribution in [3.8, 4) is 0 Å². The highest BCUT2D eigenvalue weighted by molar-refractivity contribution is 4.77. The highest BCUT2D eigenvalue weighted by Crippen LogP contribution is 2.21. The highest BCUT2D eigenvalue weighted by atomic mass is 16.3. The van der Waals surface area contributed by atoms with Gasteiger partial charge in [-0.2, -0.15) is 0 Å². The fraction of sp³-hybridized carbons (Fsp3) is 1.00. The van der Waals surface area contributed by atoms with Gasteiger partial charge in [-0.05, 0) is 44.8 Å². The van der Waals surface area contributed by atoms with Crippen LogP contribution in [0.4, 0.5) is 0 Å². The molecule has 1 aliphatic rings. The molecular formula is C14H30N2O. The van der Waals surface area contributed by atoms with E-state index in [9.17, 15) is 0 Å². The summed E-state index contributed by atoms with van der Waals surface area (Å²) < 4.78 is 0. The summed E-state index contributed by atoms with van der Waals surface area (Å²) in [5, 5.41) is 12.5. The molecule has 1 fully saturated rings. The molecule has 0 aliphatic carbocycles. The van der Waals surface area contributed by atoms with Crippen molar-refractivity contribution < 1.29 is 5.11 Å². The maximum absolute atomic E-state index is 9.05. The van der Waals surface area contributed by atoms with Crippen LogP contribution in [0, 0.1) is 5.92 Å². The lowest BCUT2D eigenvalue weighted by molar-refractivity contribution is 0.153. The zero-order valence-corrected chi connectivity index (χ0v) is 11.6. The summed E-state index contributed by atoms with van der Waals surface area (Å²) in [6, 6.07) is 0.465. The maximum atomic E-state index is 9.05. The summed E-state index contributed by atoms with van der Waals surface area (Å²) in [5.74, 6) is 0.965. The Bertz CT molecular complexity index is 173. The average Bonchev–Trinajstić information content (AvgIpc) is 2.33. The first-order chi connectivity index (χ1) is 8.30. The van der Waals surface area contributed by atoms with Crippen LogP contribution < -0.4 is 5.32 Å². The van der Waals surface area contributed by atoms with Gasteiger partial charge in [-0.1, -0.05) is 26.7 Å². The molecule has 3 nitrogen and oxygen atoms in total. The molecule has 1 atom stereocenters. The Morgan fingerprint density at radius 1 is 1.29 bits per heavy atom. The standard InChI is InChI=1S/C14H30N2O/c1-3-5-13-6-9-16(10-7-13)12-14(8-11-17)15-4-2/h13-15,17H,3-12H2,1-2H3. The molecule has 0 aromatic carbocycles. The molecule has 2 N–H and O–H groups in total. The van der Waals surface area contributed by atoms with Gasteiger partial charge in [-0.3, -0.25) is 0 Å². The minimum absolute atomic E-state index is 0.296.